The zero-order valence-corrected chi connectivity index (χ0v) is 12.0. The van der Waals surface area contributed by atoms with E-state index in [9.17, 15) is 0 Å². The van der Waals surface area contributed by atoms with Crippen LogP contribution in [0.3, 0.4) is 0 Å². The molecule has 0 saturated heterocycles. The van der Waals surface area contributed by atoms with Gasteiger partial charge in [-0.2, -0.15) is 5.10 Å². The van der Waals surface area contributed by atoms with Gasteiger partial charge < -0.3 is 10.4 Å². The molecule has 5 heteroatoms. The van der Waals surface area contributed by atoms with Crippen molar-refractivity contribution in [3.8, 4) is 0 Å². The second-order valence-corrected chi connectivity index (χ2v) is 5.13. The molecule has 108 valence electrons. The first-order chi connectivity index (χ1) is 10.2. The molecule has 0 unspecified atom stereocenters. The lowest BCUT2D eigenvalue weighted by atomic mass is 10.1. The van der Waals surface area contributed by atoms with Gasteiger partial charge in [-0.25, -0.2) is 9.50 Å². The number of aliphatic hydroxyl groups excluding tert-OH is 1. The van der Waals surface area contributed by atoms with Crippen LogP contribution in [0, 0.1) is 6.92 Å². The van der Waals surface area contributed by atoms with Gasteiger partial charge in [0.2, 0.25) is 0 Å². The summed E-state index contributed by atoms with van der Waals surface area (Å²) in [6.07, 6.45) is 3.87. The molecule has 3 aromatic rings. The summed E-state index contributed by atoms with van der Waals surface area (Å²) in [6.45, 7) is 3.57. The molecular formula is C16H18N4O. The largest absolute Gasteiger partial charge is 0.392 e. The number of benzene rings is 1. The third kappa shape index (κ3) is 3.26. The summed E-state index contributed by atoms with van der Waals surface area (Å²) in [5.74, 6) is 0. The molecule has 0 bridgehead atoms. The fraction of sp³-hybridized carbons (Fsp3) is 0.250. The minimum Gasteiger partial charge on any atom is -0.392 e. The highest BCUT2D eigenvalue weighted by Crippen LogP contribution is 2.06. The van der Waals surface area contributed by atoms with Gasteiger partial charge in [0.25, 0.3) is 0 Å². The van der Waals surface area contributed by atoms with E-state index in [1.165, 1.54) is 5.56 Å². The van der Waals surface area contributed by atoms with E-state index in [2.05, 4.69) is 15.4 Å². The van der Waals surface area contributed by atoms with Gasteiger partial charge in [-0.3, -0.25) is 0 Å². The van der Waals surface area contributed by atoms with Crippen molar-refractivity contribution >= 4 is 5.65 Å². The Hall–Kier alpha value is -2.24. The second-order valence-electron chi connectivity index (χ2n) is 5.13. The van der Waals surface area contributed by atoms with Crippen LogP contribution in [0.15, 0.2) is 42.7 Å². The fourth-order valence-corrected chi connectivity index (χ4v) is 2.24. The van der Waals surface area contributed by atoms with Crippen LogP contribution in [0.25, 0.3) is 5.65 Å². The number of rotatable bonds is 5. The van der Waals surface area contributed by atoms with E-state index in [0.717, 1.165) is 35.6 Å². The van der Waals surface area contributed by atoms with E-state index in [1.54, 1.807) is 0 Å². The predicted molar refractivity (Wildman–Crippen MR) is 80.6 cm³/mol. The molecule has 0 spiro atoms. The van der Waals surface area contributed by atoms with Crippen LogP contribution in [0.4, 0.5) is 0 Å². The minimum atomic E-state index is 0.0860. The van der Waals surface area contributed by atoms with Gasteiger partial charge in [-0.05, 0) is 18.1 Å². The predicted octanol–water partition coefficient (Wildman–Crippen LogP) is 1.82. The number of fused-ring (bicyclic) bond motifs is 1. The Balaban J connectivity index is 1.60. The van der Waals surface area contributed by atoms with E-state index in [-0.39, 0.29) is 6.61 Å². The van der Waals surface area contributed by atoms with Gasteiger partial charge in [-0.1, -0.05) is 24.3 Å². The lowest BCUT2D eigenvalue weighted by molar-refractivity contribution is 0.282. The molecule has 0 atom stereocenters. The monoisotopic (exact) mass is 282 g/mol. The zero-order valence-electron chi connectivity index (χ0n) is 12.0. The van der Waals surface area contributed by atoms with Crippen LogP contribution in [0.1, 0.15) is 22.4 Å². The van der Waals surface area contributed by atoms with Gasteiger partial charge in [0.05, 0.1) is 12.3 Å². The van der Waals surface area contributed by atoms with Crippen molar-refractivity contribution in [3.63, 3.8) is 0 Å². The Morgan fingerprint density at radius 1 is 1.10 bits per heavy atom. The van der Waals surface area contributed by atoms with E-state index >= 15 is 0 Å². The Morgan fingerprint density at radius 3 is 2.57 bits per heavy atom. The van der Waals surface area contributed by atoms with Crippen molar-refractivity contribution in [2.75, 3.05) is 0 Å². The van der Waals surface area contributed by atoms with Crippen molar-refractivity contribution in [2.45, 2.75) is 26.6 Å². The highest BCUT2D eigenvalue weighted by Gasteiger charge is 2.01. The Morgan fingerprint density at radius 2 is 1.81 bits per heavy atom. The molecule has 2 N–H and O–H groups in total. The number of nitrogens with one attached hydrogen (secondary N) is 1. The molecule has 0 amide bonds. The molecule has 5 nitrogen and oxygen atoms in total. The van der Waals surface area contributed by atoms with Crippen LogP contribution in [0.5, 0.6) is 0 Å². The third-order valence-electron chi connectivity index (χ3n) is 3.35. The topological polar surface area (TPSA) is 62.5 Å². The van der Waals surface area contributed by atoms with Gasteiger partial charge in [0, 0.05) is 37.1 Å². The summed E-state index contributed by atoms with van der Waals surface area (Å²) in [5, 5.41) is 16.8. The van der Waals surface area contributed by atoms with E-state index in [4.69, 9.17) is 5.11 Å². The van der Waals surface area contributed by atoms with Crippen molar-refractivity contribution in [1.82, 2.24) is 19.9 Å². The lowest BCUT2D eigenvalue weighted by Gasteiger charge is -2.06. The molecule has 0 saturated carbocycles. The number of hydrogen-bond donors (Lipinski definition) is 2. The van der Waals surface area contributed by atoms with Gasteiger partial charge in [0.15, 0.2) is 5.65 Å². The Bertz CT molecular complexity index is 734. The summed E-state index contributed by atoms with van der Waals surface area (Å²) in [5.41, 5.74) is 5.06. The van der Waals surface area contributed by atoms with Gasteiger partial charge in [0.1, 0.15) is 0 Å². The smallest absolute Gasteiger partial charge is 0.155 e. The molecule has 21 heavy (non-hydrogen) atoms. The lowest BCUT2D eigenvalue weighted by Crippen LogP contribution is -2.13. The summed E-state index contributed by atoms with van der Waals surface area (Å²) in [4.78, 5) is 4.38. The third-order valence-corrected chi connectivity index (χ3v) is 3.35. The highest BCUT2D eigenvalue weighted by atomic mass is 16.3. The number of aromatic nitrogens is 3. The molecule has 0 radical (unpaired) electrons. The SMILES string of the molecule is Cc1cc2ncc(CNCc3ccc(CO)cc3)cn2n1. The molecule has 1 aromatic carbocycles. The Kier molecular flexibility index (Phi) is 3.94. The average Bonchev–Trinajstić information content (AvgIpc) is 2.87. The molecule has 0 aliphatic rings. The van der Waals surface area contributed by atoms with Crippen LogP contribution < -0.4 is 5.32 Å². The van der Waals surface area contributed by atoms with Gasteiger partial charge >= 0.3 is 0 Å². The summed E-state index contributed by atoms with van der Waals surface area (Å²) < 4.78 is 1.81. The minimum absolute atomic E-state index is 0.0860. The molecule has 3 rings (SSSR count). The quantitative estimate of drug-likeness (QED) is 0.749. The summed E-state index contributed by atoms with van der Waals surface area (Å²) in [7, 11) is 0. The van der Waals surface area contributed by atoms with Crippen molar-refractivity contribution in [3.05, 3.63) is 65.1 Å². The Labute approximate surface area is 123 Å². The van der Waals surface area contributed by atoms with Gasteiger partial charge in [-0.15, -0.1) is 0 Å². The number of nitrogens with zero attached hydrogens (tertiary/aromatic N) is 3. The van der Waals surface area contributed by atoms with Crippen LogP contribution in [-0.2, 0) is 19.7 Å². The molecular weight excluding hydrogens is 264 g/mol. The van der Waals surface area contributed by atoms with E-state index < -0.39 is 0 Å². The molecule has 2 heterocycles. The van der Waals surface area contributed by atoms with Crippen molar-refractivity contribution in [1.29, 1.82) is 0 Å². The molecule has 0 aliphatic carbocycles. The summed E-state index contributed by atoms with van der Waals surface area (Å²) in [6, 6.07) is 9.89. The molecule has 0 aliphatic heterocycles. The normalized spacial score (nSPS) is 11.1. The first-order valence-electron chi connectivity index (χ1n) is 6.95. The van der Waals surface area contributed by atoms with Crippen molar-refractivity contribution < 1.29 is 5.11 Å². The number of hydrogen-bond acceptors (Lipinski definition) is 4. The standard InChI is InChI=1S/C16H18N4O/c1-12-6-16-18-9-15(10-20(16)19-12)8-17-7-13-2-4-14(11-21)5-3-13/h2-6,9-10,17,21H,7-8,11H2,1H3. The van der Waals surface area contributed by atoms with Crippen LogP contribution >= 0.6 is 0 Å². The van der Waals surface area contributed by atoms with Crippen LogP contribution in [-0.4, -0.2) is 19.7 Å². The maximum absolute atomic E-state index is 9.01. The highest BCUT2D eigenvalue weighted by molar-refractivity contribution is 5.38. The van der Waals surface area contributed by atoms with E-state index in [0.29, 0.717) is 0 Å². The first kappa shape index (κ1) is 13.7. The number of aryl methyl sites for hydroxylation is 1. The fourth-order valence-electron chi connectivity index (χ4n) is 2.24. The summed E-state index contributed by atoms with van der Waals surface area (Å²) >= 11 is 0. The van der Waals surface area contributed by atoms with Crippen molar-refractivity contribution in [2.24, 2.45) is 0 Å². The molecule has 2 aromatic heterocycles. The average molecular weight is 282 g/mol. The molecule has 0 fully saturated rings. The van der Waals surface area contributed by atoms with Crippen LogP contribution in [0.2, 0.25) is 0 Å². The maximum Gasteiger partial charge on any atom is 0.155 e. The number of aliphatic hydroxyl groups is 1. The zero-order chi connectivity index (χ0) is 14.7. The maximum atomic E-state index is 9.01. The first-order valence-corrected chi connectivity index (χ1v) is 6.95. The van der Waals surface area contributed by atoms with E-state index in [1.807, 2.05) is 54.2 Å². The second kappa shape index (κ2) is 6.03.